The minimum Gasteiger partial charge on any atom is -0.491 e. The number of nitrogens with two attached hydrogens (primary N) is 1. The molecule has 0 unspecified atom stereocenters. The molecule has 2 N–H and O–H groups in total. The Morgan fingerprint density at radius 1 is 1.26 bits per heavy atom. The maximum atomic E-state index is 5.94. The number of benzene rings is 1. The van der Waals surface area contributed by atoms with E-state index < -0.39 is 0 Å². The molecule has 1 heterocycles. The van der Waals surface area contributed by atoms with Crippen molar-refractivity contribution < 1.29 is 9.47 Å². The van der Waals surface area contributed by atoms with Crippen LogP contribution in [0.2, 0.25) is 0 Å². The fourth-order valence-corrected chi connectivity index (χ4v) is 2.38. The number of hydrogen-bond acceptors (Lipinski definition) is 4. The lowest BCUT2D eigenvalue weighted by Crippen LogP contribution is -2.39. The molecule has 0 bridgehead atoms. The zero-order valence-electron chi connectivity index (χ0n) is 11.9. The van der Waals surface area contributed by atoms with E-state index in [1.165, 1.54) is 11.3 Å². The molecule has 1 aromatic rings. The van der Waals surface area contributed by atoms with Crippen molar-refractivity contribution in [2.45, 2.75) is 25.8 Å². The van der Waals surface area contributed by atoms with Crippen molar-refractivity contribution in [1.82, 2.24) is 0 Å². The summed E-state index contributed by atoms with van der Waals surface area (Å²) < 4.78 is 10.7. The molecule has 0 atom stereocenters. The lowest BCUT2D eigenvalue weighted by molar-refractivity contribution is 0.146. The summed E-state index contributed by atoms with van der Waals surface area (Å²) in [6.07, 6.45) is 2.15. The normalized spacial score (nSPS) is 16.7. The van der Waals surface area contributed by atoms with Gasteiger partial charge in [-0.25, -0.2) is 0 Å². The second kappa shape index (κ2) is 6.78. The highest BCUT2D eigenvalue weighted by Gasteiger charge is 2.16. The Morgan fingerprint density at radius 2 is 2.00 bits per heavy atom. The number of aryl methyl sites for hydroxylation is 1. The Balaban J connectivity index is 1.98. The van der Waals surface area contributed by atoms with Crippen LogP contribution in [0.1, 0.15) is 18.4 Å². The van der Waals surface area contributed by atoms with Crippen molar-refractivity contribution >= 4 is 5.69 Å². The smallest absolute Gasteiger partial charge is 0.122 e. The van der Waals surface area contributed by atoms with Gasteiger partial charge in [0.05, 0.1) is 6.61 Å². The van der Waals surface area contributed by atoms with Crippen LogP contribution in [0.25, 0.3) is 0 Å². The number of rotatable bonds is 5. The molecule has 4 heteroatoms. The fraction of sp³-hybridized carbons (Fsp3) is 0.600. The van der Waals surface area contributed by atoms with E-state index in [0.29, 0.717) is 19.3 Å². The van der Waals surface area contributed by atoms with Gasteiger partial charge in [0.25, 0.3) is 0 Å². The summed E-state index contributed by atoms with van der Waals surface area (Å²) in [5.74, 6) is 0.939. The van der Waals surface area contributed by atoms with Crippen molar-refractivity contribution in [2.24, 2.45) is 5.73 Å². The zero-order valence-corrected chi connectivity index (χ0v) is 11.9. The molecular weight excluding hydrogens is 240 g/mol. The van der Waals surface area contributed by atoms with Crippen LogP contribution in [0.5, 0.6) is 5.75 Å². The van der Waals surface area contributed by atoms with Gasteiger partial charge in [-0.2, -0.15) is 0 Å². The molecule has 0 aliphatic carbocycles. The van der Waals surface area contributed by atoms with Crippen LogP contribution < -0.4 is 15.4 Å². The molecule has 0 radical (unpaired) electrons. The third-order valence-corrected chi connectivity index (χ3v) is 3.61. The molecule has 1 aliphatic rings. The molecule has 1 aliphatic heterocycles. The predicted octanol–water partition coefficient (Wildman–Crippen LogP) is 1.95. The first kappa shape index (κ1) is 14.2. The predicted molar refractivity (Wildman–Crippen MR) is 78.0 cm³/mol. The first-order valence-corrected chi connectivity index (χ1v) is 6.93. The van der Waals surface area contributed by atoms with Crippen molar-refractivity contribution in [2.75, 3.05) is 38.3 Å². The molecule has 1 fully saturated rings. The van der Waals surface area contributed by atoms with Gasteiger partial charge in [0.2, 0.25) is 0 Å². The largest absolute Gasteiger partial charge is 0.491 e. The molecule has 19 heavy (non-hydrogen) atoms. The van der Waals surface area contributed by atoms with Gasteiger partial charge in [0.1, 0.15) is 12.4 Å². The van der Waals surface area contributed by atoms with E-state index in [0.717, 1.165) is 31.7 Å². The quantitative estimate of drug-likeness (QED) is 0.826. The van der Waals surface area contributed by atoms with Gasteiger partial charge in [-0.15, -0.1) is 0 Å². The van der Waals surface area contributed by atoms with Crippen molar-refractivity contribution in [3.63, 3.8) is 0 Å². The zero-order chi connectivity index (χ0) is 13.7. The average Bonchev–Trinajstić information content (AvgIpc) is 2.42. The van der Waals surface area contributed by atoms with Crippen LogP contribution in [0.4, 0.5) is 5.69 Å². The van der Waals surface area contributed by atoms with Crippen LogP contribution >= 0.6 is 0 Å². The molecule has 0 spiro atoms. The van der Waals surface area contributed by atoms with Gasteiger partial charge in [0, 0.05) is 31.9 Å². The van der Waals surface area contributed by atoms with Crippen LogP contribution in [0, 0.1) is 6.92 Å². The molecule has 106 valence electrons. The molecule has 2 rings (SSSR count). The van der Waals surface area contributed by atoms with Gasteiger partial charge in [-0.05, 0) is 43.5 Å². The number of piperidine rings is 1. The number of hydrogen-bond donors (Lipinski definition) is 1. The maximum absolute atomic E-state index is 5.94. The highest BCUT2D eigenvalue weighted by molar-refractivity contribution is 5.53. The summed E-state index contributed by atoms with van der Waals surface area (Å²) in [5.41, 5.74) is 8.38. The highest BCUT2D eigenvalue weighted by atomic mass is 16.5. The number of nitrogens with zero attached hydrogens (tertiary/aromatic N) is 1. The van der Waals surface area contributed by atoms with E-state index in [1.807, 2.05) is 0 Å². The van der Waals surface area contributed by atoms with Gasteiger partial charge in [0.15, 0.2) is 0 Å². The van der Waals surface area contributed by atoms with Crippen LogP contribution in [-0.4, -0.2) is 39.5 Å². The van der Waals surface area contributed by atoms with Gasteiger partial charge < -0.3 is 20.1 Å². The maximum Gasteiger partial charge on any atom is 0.122 e. The molecule has 4 nitrogen and oxygen atoms in total. The van der Waals surface area contributed by atoms with E-state index in [1.54, 1.807) is 7.11 Å². The Kier molecular flexibility index (Phi) is 5.05. The number of anilines is 1. The summed E-state index contributed by atoms with van der Waals surface area (Å²) in [6.45, 7) is 5.39. The van der Waals surface area contributed by atoms with Gasteiger partial charge in [-0.1, -0.05) is 0 Å². The SMILES string of the molecule is COCCOc1ccc(N2CCC(N)CC2)cc1C. The Hall–Kier alpha value is -1.26. The minimum absolute atomic E-state index is 0.369. The third-order valence-electron chi connectivity index (χ3n) is 3.61. The second-order valence-electron chi connectivity index (χ2n) is 5.12. The Labute approximate surface area is 115 Å². The summed E-state index contributed by atoms with van der Waals surface area (Å²) in [5, 5.41) is 0. The average molecular weight is 264 g/mol. The van der Waals surface area contributed by atoms with Crippen LogP contribution in [0.3, 0.4) is 0 Å². The molecule has 0 saturated carbocycles. The molecule has 1 aromatic carbocycles. The summed E-state index contributed by atoms with van der Waals surface area (Å²) in [7, 11) is 1.68. The van der Waals surface area contributed by atoms with E-state index in [4.69, 9.17) is 15.2 Å². The topological polar surface area (TPSA) is 47.7 Å². The molecule has 0 amide bonds. The van der Waals surface area contributed by atoms with Crippen molar-refractivity contribution in [1.29, 1.82) is 0 Å². The van der Waals surface area contributed by atoms with Gasteiger partial charge in [-0.3, -0.25) is 0 Å². The lowest BCUT2D eigenvalue weighted by atomic mass is 10.0. The highest BCUT2D eigenvalue weighted by Crippen LogP contribution is 2.26. The summed E-state index contributed by atoms with van der Waals surface area (Å²) in [4.78, 5) is 2.40. The monoisotopic (exact) mass is 264 g/mol. The number of ether oxygens (including phenoxy) is 2. The summed E-state index contributed by atoms with van der Waals surface area (Å²) >= 11 is 0. The van der Waals surface area contributed by atoms with E-state index in [-0.39, 0.29) is 0 Å². The second-order valence-corrected chi connectivity index (χ2v) is 5.12. The van der Waals surface area contributed by atoms with E-state index in [2.05, 4.69) is 30.0 Å². The Bertz CT molecular complexity index is 401. The first-order valence-electron chi connectivity index (χ1n) is 6.93. The number of methoxy groups -OCH3 is 1. The lowest BCUT2D eigenvalue weighted by Gasteiger charge is -2.32. The van der Waals surface area contributed by atoms with E-state index in [9.17, 15) is 0 Å². The third kappa shape index (κ3) is 3.85. The van der Waals surface area contributed by atoms with Gasteiger partial charge >= 0.3 is 0 Å². The van der Waals surface area contributed by atoms with E-state index >= 15 is 0 Å². The Morgan fingerprint density at radius 3 is 2.63 bits per heavy atom. The standard InChI is InChI=1S/C15H24N2O2/c1-12-11-14(17-7-5-13(16)6-8-17)3-4-15(12)19-10-9-18-2/h3-4,11,13H,5-10,16H2,1-2H3. The van der Waals surface area contributed by atoms with Crippen molar-refractivity contribution in [3.05, 3.63) is 23.8 Å². The molecule has 0 aromatic heterocycles. The van der Waals surface area contributed by atoms with Crippen LogP contribution in [0.15, 0.2) is 18.2 Å². The molecule has 1 saturated heterocycles. The minimum atomic E-state index is 0.369. The summed E-state index contributed by atoms with van der Waals surface area (Å²) in [6, 6.07) is 6.74. The van der Waals surface area contributed by atoms with Crippen molar-refractivity contribution in [3.8, 4) is 5.75 Å². The first-order chi connectivity index (χ1) is 9.20. The van der Waals surface area contributed by atoms with Crippen LogP contribution in [-0.2, 0) is 4.74 Å². The molecular formula is C15H24N2O2. The fourth-order valence-electron chi connectivity index (χ4n) is 2.38.